The lowest BCUT2D eigenvalue weighted by Crippen LogP contribution is -2.35. The van der Waals surface area contributed by atoms with Gasteiger partial charge in [-0.15, -0.1) is 0 Å². The van der Waals surface area contributed by atoms with Crippen LogP contribution >= 0.6 is 0 Å². The predicted molar refractivity (Wildman–Crippen MR) is 72.1 cm³/mol. The van der Waals surface area contributed by atoms with Crippen molar-refractivity contribution >= 4 is 5.97 Å². The number of rotatable bonds is 4. The van der Waals surface area contributed by atoms with Gasteiger partial charge in [0.25, 0.3) is 0 Å². The van der Waals surface area contributed by atoms with Crippen LogP contribution < -0.4 is 0 Å². The molecule has 19 heavy (non-hydrogen) atoms. The molecule has 4 nitrogen and oxygen atoms in total. The van der Waals surface area contributed by atoms with Crippen molar-refractivity contribution in [2.75, 3.05) is 6.54 Å². The van der Waals surface area contributed by atoms with E-state index < -0.39 is 5.97 Å². The van der Waals surface area contributed by atoms with Gasteiger partial charge in [0.05, 0.1) is 12.1 Å². The van der Waals surface area contributed by atoms with Crippen molar-refractivity contribution in [1.29, 1.82) is 5.26 Å². The van der Waals surface area contributed by atoms with E-state index in [-0.39, 0.29) is 6.04 Å². The van der Waals surface area contributed by atoms with E-state index in [0.29, 0.717) is 25.1 Å². The summed E-state index contributed by atoms with van der Waals surface area (Å²) in [6.45, 7) is 4.73. The molecule has 1 unspecified atom stereocenters. The van der Waals surface area contributed by atoms with Gasteiger partial charge in [-0.05, 0) is 43.9 Å². The molecule has 0 aromatic rings. The molecular weight excluding hydrogens is 240 g/mol. The van der Waals surface area contributed by atoms with Gasteiger partial charge in [-0.1, -0.05) is 11.6 Å². The van der Waals surface area contributed by atoms with E-state index in [1.165, 1.54) is 11.1 Å². The molecule has 2 aliphatic rings. The minimum atomic E-state index is -0.885. The van der Waals surface area contributed by atoms with E-state index >= 15 is 0 Å². The first-order chi connectivity index (χ1) is 9.06. The molecule has 1 heterocycles. The summed E-state index contributed by atoms with van der Waals surface area (Å²) in [6.07, 6.45) is 5.97. The summed E-state index contributed by atoms with van der Waals surface area (Å²) in [5.41, 5.74) is 3.89. The van der Waals surface area contributed by atoms with Crippen molar-refractivity contribution in [2.45, 2.75) is 39.2 Å². The zero-order valence-electron chi connectivity index (χ0n) is 11.3. The molecule has 1 aliphatic carbocycles. The molecule has 0 saturated carbocycles. The van der Waals surface area contributed by atoms with Gasteiger partial charge in [0.15, 0.2) is 0 Å². The molecule has 4 heteroatoms. The van der Waals surface area contributed by atoms with E-state index in [1.54, 1.807) is 6.08 Å². The van der Waals surface area contributed by atoms with Gasteiger partial charge in [-0.2, -0.15) is 5.26 Å². The molecule has 0 fully saturated rings. The summed E-state index contributed by atoms with van der Waals surface area (Å²) in [6, 6.07) is 2.24. The van der Waals surface area contributed by atoms with Gasteiger partial charge in [0.2, 0.25) is 0 Å². The molecule has 0 aromatic heterocycles. The van der Waals surface area contributed by atoms with Gasteiger partial charge in [0.1, 0.15) is 5.70 Å². The number of hydrogen-bond acceptors (Lipinski definition) is 3. The van der Waals surface area contributed by atoms with Gasteiger partial charge >= 0.3 is 5.97 Å². The number of carboxylic acids is 1. The molecule has 0 radical (unpaired) electrons. The standard InChI is InChI=1S/C15H18N2O2/c1-10-5-6-13-12(11(10)2)9-14(15(18)19)17(13)8-4-3-7-16/h5,9,13H,3-4,6,8H2,1-2H3,(H,18,19). The van der Waals surface area contributed by atoms with Crippen molar-refractivity contribution in [2.24, 2.45) is 0 Å². The van der Waals surface area contributed by atoms with Gasteiger partial charge in [0, 0.05) is 13.0 Å². The second-order valence-electron chi connectivity index (χ2n) is 5.01. The Bertz CT molecular complexity index is 535. The number of nitrogens with zero attached hydrogens (tertiary/aromatic N) is 2. The van der Waals surface area contributed by atoms with E-state index in [2.05, 4.69) is 19.1 Å². The zero-order chi connectivity index (χ0) is 14.0. The van der Waals surface area contributed by atoms with Gasteiger partial charge < -0.3 is 10.0 Å². The lowest BCUT2D eigenvalue weighted by molar-refractivity contribution is -0.134. The van der Waals surface area contributed by atoms with Crippen LogP contribution in [0.5, 0.6) is 0 Å². The lowest BCUT2D eigenvalue weighted by Gasteiger charge is -2.31. The summed E-state index contributed by atoms with van der Waals surface area (Å²) in [7, 11) is 0. The molecular formula is C15H18N2O2. The third-order valence-corrected chi connectivity index (χ3v) is 3.92. The van der Waals surface area contributed by atoms with Crippen molar-refractivity contribution in [3.8, 4) is 6.07 Å². The number of nitriles is 1. The van der Waals surface area contributed by atoms with Crippen LogP contribution in [0, 0.1) is 11.3 Å². The highest BCUT2D eigenvalue weighted by Crippen LogP contribution is 2.37. The fraction of sp³-hybridized carbons (Fsp3) is 0.467. The quantitative estimate of drug-likeness (QED) is 0.787. The van der Waals surface area contributed by atoms with Crippen LogP contribution in [-0.4, -0.2) is 28.6 Å². The third-order valence-electron chi connectivity index (χ3n) is 3.92. The largest absolute Gasteiger partial charge is 0.477 e. The van der Waals surface area contributed by atoms with Crippen molar-refractivity contribution in [3.05, 3.63) is 34.6 Å². The van der Waals surface area contributed by atoms with E-state index in [4.69, 9.17) is 5.26 Å². The molecule has 2 rings (SSSR count). The Morgan fingerprint density at radius 2 is 2.32 bits per heavy atom. The minimum absolute atomic E-state index is 0.133. The first kappa shape index (κ1) is 13.4. The van der Waals surface area contributed by atoms with E-state index in [1.807, 2.05) is 11.8 Å². The van der Waals surface area contributed by atoms with Crippen LogP contribution in [0.2, 0.25) is 0 Å². The highest BCUT2D eigenvalue weighted by molar-refractivity contribution is 5.88. The predicted octanol–water partition coefficient (Wildman–Crippen LogP) is 2.61. The molecule has 1 atom stereocenters. The average Bonchev–Trinajstić information content (AvgIpc) is 2.74. The van der Waals surface area contributed by atoms with Crippen LogP contribution in [0.1, 0.15) is 33.1 Å². The Labute approximate surface area is 113 Å². The maximum absolute atomic E-state index is 11.4. The van der Waals surface area contributed by atoms with Crippen LogP contribution in [0.3, 0.4) is 0 Å². The highest BCUT2D eigenvalue weighted by atomic mass is 16.4. The Morgan fingerprint density at radius 1 is 1.58 bits per heavy atom. The van der Waals surface area contributed by atoms with Crippen LogP contribution in [-0.2, 0) is 4.79 Å². The molecule has 0 bridgehead atoms. The molecule has 1 aliphatic heterocycles. The first-order valence-electron chi connectivity index (χ1n) is 6.52. The third kappa shape index (κ3) is 2.41. The Balaban J connectivity index is 2.28. The molecule has 0 aromatic carbocycles. The van der Waals surface area contributed by atoms with Gasteiger partial charge in [-0.3, -0.25) is 0 Å². The van der Waals surface area contributed by atoms with Crippen molar-refractivity contribution < 1.29 is 9.90 Å². The second kappa shape index (κ2) is 5.31. The molecule has 100 valence electrons. The number of fused-ring (bicyclic) bond motifs is 1. The SMILES string of the molecule is CC1=CCC2C(=C1C)C=C(C(=O)O)N2CCCC#N. The fourth-order valence-corrected chi connectivity index (χ4v) is 2.73. The highest BCUT2D eigenvalue weighted by Gasteiger charge is 2.35. The molecule has 0 spiro atoms. The average molecular weight is 258 g/mol. The number of hydrogen-bond donors (Lipinski definition) is 1. The Morgan fingerprint density at radius 3 is 2.95 bits per heavy atom. The normalized spacial score (nSPS) is 21.7. The smallest absolute Gasteiger partial charge is 0.352 e. The number of carboxylic acid groups (broad SMARTS) is 1. The monoisotopic (exact) mass is 258 g/mol. The van der Waals surface area contributed by atoms with E-state index in [0.717, 1.165) is 12.0 Å². The number of allylic oxidation sites excluding steroid dienone is 2. The Hall–Kier alpha value is -2.02. The summed E-state index contributed by atoms with van der Waals surface area (Å²) < 4.78 is 0. The summed E-state index contributed by atoms with van der Waals surface area (Å²) in [5, 5.41) is 17.9. The number of aliphatic carboxylic acids is 1. The summed E-state index contributed by atoms with van der Waals surface area (Å²) in [4.78, 5) is 13.3. The molecule has 1 N–H and O–H groups in total. The van der Waals surface area contributed by atoms with Crippen LogP contribution in [0.15, 0.2) is 34.6 Å². The molecule has 0 saturated heterocycles. The van der Waals surface area contributed by atoms with Crippen molar-refractivity contribution in [1.82, 2.24) is 4.90 Å². The van der Waals surface area contributed by atoms with Crippen LogP contribution in [0.25, 0.3) is 0 Å². The van der Waals surface area contributed by atoms with Gasteiger partial charge in [-0.25, -0.2) is 4.79 Å². The zero-order valence-corrected chi connectivity index (χ0v) is 11.3. The number of unbranched alkanes of at least 4 members (excludes halogenated alkanes) is 1. The lowest BCUT2D eigenvalue weighted by atomic mass is 9.90. The maximum atomic E-state index is 11.4. The van der Waals surface area contributed by atoms with E-state index in [9.17, 15) is 9.90 Å². The fourth-order valence-electron chi connectivity index (χ4n) is 2.73. The molecule has 0 amide bonds. The number of carbonyl (C=O) groups is 1. The maximum Gasteiger partial charge on any atom is 0.352 e. The second-order valence-corrected chi connectivity index (χ2v) is 5.01. The minimum Gasteiger partial charge on any atom is -0.477 e. The topological polar surface area (TPSA) is 64.3 Å². The summed E-state index contributed by atoms with van der Waals surface area (Å²) >= 11 is 0. The Kier molecular flexibility index (Phi) is 3.75. The van der Waals surface area contributed by atoms with Crippen molar-refractivity contribution in [3.63, 3.8) is 0 Å². The van der Waals surface area contributed by atoms with Crippen LogP contribution in [0.4, 0.5) is 0 Å². The summed E-state index contributed by atoms with van der Waals surface area (Å²) in [5.74, 6) is -0.885. The first-order valence-corrected chi connectivity index (χ1v) is 6.52.